The van der Waals surface area contributed by atoms with Crippen molar-refractivity contribution in [3.05, 3.63) is 89.8 Å². The highest BCUT2D eigenvalue weighted by Gasteiger charge is 2.15. The number of rotatable bonds is 9. The average Bonchev–Trinajstić information content (AvgIpc) is 3.28. The Morgan fingerprint density at radius 1 is 0.969 bits per heavy atom. The predicted octanol–water partition coefficient (Wildman–Crippen LogP) is 5.55. The van der Waals surface area contributed by atoms with Crippen LogP contribution in [0.15, 0.2) is 77.3 Å². The summed E-state index contributed by atoms with van der Waals surface area (Å²) in [6, 6.07) is 22.7. The van der Waals surface area contributed by atoms with E-state index < -0.39 is 6.61 Å². The standard InChI is InChI=1S/C24H21F2N3O3/c1-30-21-14-18(11-12-20(21)31-24(25)26)23-28-22(32-29-23)15-27-19-10-6-5-9-17(19)13-16-7-3-2-4-8-16/h2-12,14,24,27H,13,15H2,1H3. The number of anilines is 1. The van der Waals surface area contributed by atoms with E-state index in [0.717, 1.165) is 17.7 Å². The molecule has 1 heterocycles. The van der Waals surface area contributed by atoms with Crippen LogP contribution in [-0.4, -0.2) is 23.9 Å². The van der Waals surface area contributed by atoms with Crippen LogP contribution < -0.4 is 14.8 Å². The molecule has 164 valence electrons. The van der Waals surface area contributed by atoms with Crippen molar-refractivity contribution in [2.75, 3.05) is 12.4 Å². The minimum absolute atomic E-state index is 0.0633. The van der Waals surface area contributed by atoms with Gasteiger partial charge in [0.1, 0.15) is 0 Å². The summed E-state index contributed by atoms with van der Waals surface area (Å²) in [4.78, 5) is 4.39. The van der Waals surface area contributed by atoms with Crippen LogP contribution in [-0.2, 0) is 13.0 Å². The summed E-state index contributed by atoms with van der Waals surface area (Å²) in [6.45, 7) is -2.61. The second-order valence-electron chi connectivity index (χ2n) is 6.93. The number of halogens is 2. The Bertz CT molecular complexity index is 1170. The third kappa shape index (κ3) is 5.21. The fraction of sp³-hybridized carbons (Fsp3) is 0.167. The molecule has 0 spiro atoms. The second kappa shape index (κ2) is 9.91. The molecule has 4 rings (SSSR count). The molecule has 0 bridgehead atoms. The van der Waals surface area contributed by atoms with Crippen molar-refractivity contribution in [3.8, 4) is 22.9 Å². The molecule has 0 amide bonds. The van der Waals surface area contributed by atoms with Gasteiger partial charge in [-0.25, -0.2) is 0 Å². The van der Waals surface area contributed by atoms with Gasteiger partial charge in [-0.1, -0.05) is 53.7 Å². The summed E-state index contributed by atoms with van der Waals surface area (Å²) in [5, 5.41) is 7.33. The SMILES string of the molecule is COc1cc(-c2noc(CNc3ccccc3Cc3ccccc3)n2)ccc1OC(F)F. The molecule has 0 unspecified atom stereocenters. The van der Waals surface area contributed by atoms with Crippen molar-refractivity contribution in [1.29, 1.82) is 0 Å². The molecule has 1 N–H and O–H groups in total. The normalized spacial score (nSPS) is 10.9. The molecule has 0 aliphatic heterocycles. The monoisotopic (exact) mass is 437 g/mol. The zero-order chi connectivity index (χ0) is 22.3. The highest BCUT2D eigenvalue weighted by Crippen LogP contribution is 2.32. The van der Waals surface area contributed by atoms with Gasteiger partial charge >= 0.3 is 6.61 Å². The summed E-state index contributed by atoms with van der Waals surface area (Å²) in [7, 11) is 1.37. The minimum Gasteiger partial charge on any atom is -0.493 e. The number of hydrogen-bond donors (Lipinski definition) is 1. The first-order valence-electron chi connectivity index (χ1n) is 9.94. The van der Waals surface area contributed by atoms with E-state index in [1.165, 1.54) is 24.8 Å². The van der Waals surface area contributed by atoms with Gasteiger partial charge in [0.2, 0.25) is 11.7 Å². The van der Waals surface area contributed by atoms with Crippen LogP contribution in [0.2, 0.25) is 0 Å². The molecule has 6 nitrogen and oxygen atoms in total. The molecule has 0 fully saturated rings. The average molecular weight is 437 g/mol. The summed E-state index contributed by atoms with van der Waals surface area (Å²) >= 11 is 0. The fourth-order valence-corrected chi connectivity index (χ4v) is 3.28. The molecule has 4 aromatic rings. The highest BCUT2D eigenvalue weighted by atomic mass is 19.3. The lowest BCUT2D eigenvalue weighted by atomic mass is 10.0. The highest BCUT2D eigenvalue weighted by molar-refractivity contribution is 5.61. The molecular weight excluding hydrogens is 416 g/mol. The zero-order valence-electron chi connectivity index (χ0n) is 17.3. The van der Waals surface area contributed by atoms with E-state index in [0.29, 0.717) is 23.8 Å². The Balaban J connectivity index is 1.46. The molecule has 1 aromatic heterocycles. The number of aromatic nitrogens is 2. The number of nitrogens with one attached hydrogen (secondary N) is 1. The Labute approximate surface area is 183 Å². The summed E-state index contributed by atoms with van der Waals surface area (Å²) in [5.74, 6) is 0.802. The molecule has 0 saturated heterocycles. The van der Waals surface area contributed by atoms with Gasteiger partial charge in [0.25, 0.3) is 0 Å². The van der Waals surface area contributed by atoms with Crippen molar-refractivity contribution in [1.82, 2.24) is 10.1 Å². The molecule has 0 saturated carbocycles. The molecule has 3 aromatic carbocycles. The van der Waals surface area contributed by atoms with Crippen LogP contribution in [0.25, 0.3) is 11.4 Å². The Morgan fingerprint density at radius 3 is 2.53 bits per heavy atom. The first-order valence-corrected chi connectivity index (χ1v) is 9.94. The lowest BCUT2D eigenvalue weighted by Gasteiger charge is -2.11. The van der Waals surface area contributed by atoms with E-state index in [9.17, 15) is 8.78 Å². The number of methoxy groups -OCH3 is 1. The quantitative estimate of drug-likeness (QED) is 0.370. The van der Waals surface area contributed by atoms with Gasteiger partial charge in [-0.2, -0.15) is 13.8 Å². The summed E-state index contributed by atoms with van der Waals surface area (Å²) in [6.07, 6.45) is 0.798. The smallest absolute Gasteiger partial charge is 0.387 e. The van der Waals surface area contributed by atoms with E-state index in [4.69, 9.17) is 9.26 Å². The van der Waals surface area contributed by atoms with Crippen LogP contribution in [0, 0.1) is 0 Å². The van der Waals surface area contributed by atoms with Crippen molar-refractivity contribution >= 4 is 5.69 Å². The van der Waals surface area contributed by atoms with Crippen LogP contribution in [0.3, 0.4) is 0 Å². The molecule has 0 aliphatic carbocycles. The van der Waals surface area contributed by atoms with Gasteiger partial charge in [0.15, 0.2) is 11.5 Å². The van der Waals surface area contributed by atoms with Crippen LogP contribution in [0.4, 0.5) is 14.5 Å². The molecule has 32 heavy (non-hydrogen) atoms. The van der Waals surface area contributed by atoms with E-state index in [2.05, 4.69) is 38.4 Å². The van der Waals surface area contributed by atoms with Crippen molar-refractivity contribution in [2.24, 2.45) is 0 Å². The fourth-order valence-electron chi connectivity index (χ4n) is 3.28. The van der Waals surface area contributed by atoms with Gasteiger partial charge in [-0.3, -0.25) is 0 Å². The zero-order valence-corrected chi connectivity index (χ0v) is 17.3. The first kappa shape index (κ1) is 21.3. The van der Waals surface area contributed by atoms with Crippen molar-refractivity contribution in [3.63, 3.8) is 0 Å². The van der Waals surface area contributed by atoms with Gasteiger partial charge in [0.05, 0.1) is 13.7 Å². The Hall–Kier alpha value is -3.94. The number of hydrogen-bond acceptors (Lipinski definition) is 6. The van der Waals surface area contributed by atoms with Crippen LogP contribution >= 0.6 is 0 Å². The van der Waals surface area contributed by atoms with Crippen molar-refractivity contribution < 1.29 is 22.8 Å². The maximum atomic E-state index is 12.5. The van der Waals surface area contributed by atoms with E-state index in [1.54, 1.807) is 6.07 Å². The maximum absolute atomic E-state index is 12.5. The van der Waals surface area contributed by atoms with Gasteiger partial charge in [0, 0.05) is 11.3 Å². The molecule has 0 atom stereocenters. The number of ether oxygens (including phenoxy) is 2. The van der Waals surface area contributed by atoms with Crippen LogP contribution in [0.5, 0.6) is 11.5 Å². The van der Waals surface area contributed by atoms with E-state index in [1.807, 2.05) is 36.4 Å². The third-order valence-corrected chi connectivity index (χ3v) is 4.79. The van der Waals surface area contributed by atoms with Gasteiger partial charge in [-0.05, 0) is 41.8 Å². The number of para-hydroxylation sites is 1. The van der Waals surface area contributed by atoms with Gasteiger partial charge in [-0.15, -0.1) is 0 Å². The van der Waals surface area contributed by atoms with E-state index >= 15 is 0 Å². The van der Waals surface area contributed by atoms with Crippen LogP contribution in [0.1, 0.15) is 17.0 Å². The van der Waals surface area contributed by atoms with Crippen molar-refractivity contribution in [2.45, 2.75) is 19.6 Å². The summed E-state index contributed by atoms with van der Waals surface area (Å²) in [5.41, 5.74) is 3.90. The lowest BCUT2D eigenvalue weighted by Crippen LogP contribution is -2.04. The third-order valence-electron chi connectivity index (χ3n) is 4.79. The molecule has 0 radical (unpaired) electrons. The number of nitrogens with zero attached hydrogens (tertiary/aromatic N) is 2. The second-order valence-corrected chi connectivity index (χ2v) is 6.93. The summed E-state index contributed by atoms with van der Waals surface area (Å²) < 4.78 is 39.9. The molecule has 0 aliphatic rings. The maximum Gasteiger partial charge on any atom is 0.387 e. The number of benzene rings is 3. The Kier molecular flexibility index (Phi) is 6.60. The van der Waals surface area contributed by atoms with Gasteiger partial charge < -0.3 is 19.3 Å². The largest absolute Gasteiger partial charge is 0.493 e. The molecular formula is C24H21F2N3O3. The van der Waals surface area contributed by atoms with E-state index in [-0.39, 0.29) is 11.5 Å². The number of alkyl halides is 2. The topological polar surface area (TPSA) is 69.4 Å². The Morgan fingerprint density at radius 2 is 1.75 bits per heavy atom. The predicted molar refractivity (Wildman–Crippen MR) is 116 cm³/mol. The first-order chi connectivity index (χ1) is 15.6. The lowest BCUT2D eigenvalue weighted by molar-refractivity contribution is -0.0512. The molecule has 8 heteroatoms. The minimum atomic E-state index is -2.94.